The Kier molecular flexibility index (Phi) is 5.36. The summed E-state index contributed by atoms with van der Waals surface area (Å²) in [4.78, 5) is 11.9. The van der Waals surface area contributed by atoms with E-state index in [2.05, 4.69) is 5.32 Å². The number of ether oxygens (including phenoxy) is 2. The minimum atomic E-state index is -0.291. The second-order valence-electron chi connectivity index (χ2n) is 4.77. The van der Waals surface area contributed by atoms with E-state index in [9.17, 15) is 9.18 Å². The van der Waals surface area contributed by atoms with Crippen molar-refractivity contribution in [3.8, 4) is 11.5 Å². The summed E-state index contributed by atoms with van der Waals surface area (Å²) in [5.41, 5.74) is 1.68. The van der Waals surface area contributed by atoms with E-state index in [0.717, 1.165) is 11.1 Å². The molecule has 0 aliphatic carbocycles. The molecule has 0 aliphatic rings. The monoisotopic (exact) mass is 303 g/mol. The lowest BCUT2D eigenvalue weighted by molar-refractivity contribution is -0.120. The van der Waals surface area contributed by atoms with Crippen molar-refractivity contribution in [1.29, 1.82) is 0 Å². The summed E-state index contributed by atoms with van der Waals surface area (Å²) >= 11 is 0. The molecule has 2 aromatic carbocycles. The third kappa shape index (κ3) is 4.22. The van der Waals surface area contributed by atoms with Crippen molar-refractivity contribution in [2.45, 2.75) is 13.0 Å². The van der Waals surface area contributed by atoms with Gasteiger partial charge in [0.1, 0.15) is 5.82 Å². The summed E-state index contributed by atoms with van der Waals surface area (Å²) in [6.07, 6.45) is 0.238. The minimum absolute atomic E-state index is 0.114. The summed E-state index contributed by atoms with van der Waals surface area (Å²) in [7, 11) is 3.11. The van der Waals surface area contributed by atoms with Crippen LogP contribution in [-0.2, 0) is 17.8 Å². The van der Waals surface area contributed by atoms with Gasteiger partial charge in [0.25, 0.3) is 0 Å². The van der Waals surface area contributed by atoms with Crippen molar-refractivity contribution in [1.82, 2.24) is 5.32 Å². The number of hydrogen-bond acceptors (Lipinski definition) is 3. The molecule has 0 unspecified atom stereocenters. The normalized spacial score (nSPS) is 10.1. The van der Waals surface area contributed by atoms with Crippen LogP contribution < -0.4 is 14.8 Å². The molecule has 0 spiro atoms. The number of carbonyl (C=O) groups excluding carboxylic acids is 1. The Bertz CT molecular complexity index is 641. The van der Waals surface area contributed by atoms with Crippen LogP contribution in [0, 0.1) is 5.82 Å². The molecule has 116 valence electrons. The van der Waals surface area contributed by atoms with E-state index in [4.69, 9.17) is 9.47 Å². The van der Waals surface area contributed by atoms with Gasteiger partial charge in [0.15, 0.2) is 11.5 Å². The Labute approximate surface area is 128 Å². The van der Waals surface area contributed by atoms with Crippen molar-refractivity contribution in [3.05, 3.63) is 59.4 Å². The number of carbonyl (C=O) groups is 1. The van der Waals surface area contributed by atoms with Gasteiger partial charge in [0.05, 0.1) is 20.6 Å². The summed E-state index contributed by atoms with van der Waals surface area (Å²) in [6.45, 7) is 0.367. The fourth-order valence-electron chi connectivity index (χ4n) is 2.04. The van der Waals surface area contributed by atoms with Gasteiger partial charge in [-0.25, -0.2) is 4.39 Å². The standard InChI is InChI=1S/C17H18FNO3/c1-21-15-8-5-13(9-16(15)22-2)10-17(20)19-11-12-3-6-14(18)7-4-12/h3-9H,10-11H2,1-2H3,(H,19,20). The molecule has 2 aromatic rings. The highest BCUT2D eigenvalue weighted by Crippen LogP contribution is 2.27. The molecule has 0 aromatic heterocycles. The Morgan fingerprint density at radius 2 is 1.64 bits per heavy atom. The first kappa shape index (κ1) is 15.8. The van der Waals surface area contributed by atoms with Crippen LogP contribution in [-0.4, -0.2) is 20.1 Å². The fourth-order valence-corrected chi connectivity index (χ4v) is 2.04. The van der Waals surface area contributed by atoms with E-state index in [-0.39, 0.29) is 18.1 Å². The van der Waals surface area contributed by atoms with E-state index in [1.165, 1.54) is 12.1 Å². The molecule has 0 atom stereocenters. The molecule has 0 saturated carbocycles. The van der Waals surface area contributed by atoms with Crippen LogP contribution in [0.5, 0.6) is 11.5 Å². The molecule has 0 radical (unpaired) electrons. The summed E-state index contributed by atoms with van der Waals surface area (Å²) in [6, 6.07) is 11.4. The molecular formula is C17H18FNO3. The number of amides is 1. The zero-order chi connectivity index (χ0) is 15.9. The van der Waals surface area contributed by atoms with Crippen LogP contribution in [0.15, 0.2) is 42.5 Å². The maximum absolute atomic E-state index is 12.8. The van der Waals surface area contributed by atoms with Crippen molar-refractivity contribution in [3.63, 3.8) is 0 Å². The van der Waals surface area contributed by atoms with Crippen LogP contribution in [0.1, 0.15) is 11.1 Å². The third-order valence-electron chi connectivity index (χ3n) is 3.22. The average molecular weight is 303 g/mol. The van der Waals surface area contributed by atoms with E-state index >= 15 is 0 Å². The number of benzene rings is 2. The zero-order valence-electron chi connectivity index (χ0n) is 12.6. The van der Waals surface area contributed by atoms with Gasteiger partial charge in [-0.2, -0.15) is 0 Å². The van der Waals surface area contributed by atoms with Gasteiger partial charge in [0.2, 0.25) is 5.91 Å². The smallest absolute Gasteiger partial charge is 0.224 e. The summed E-state index contributed by atoms with van der Waals surface area (Å²) in [5, 5.41) is 2.80. The maximum atomic E-state index is 12.8. The summed E-state index contributed by atoms with van der Waals surface area (Å²) in [5.74, 6) is 0.807. The lowest BCUT2D eigenvalue weighted by Gasteiger charge is -2.10. The minimum Gasteiger partial charge on any atom is -0.493 e. The molecule has 22 heavy (non-hydrogen) atoms. The third-order valence-corrected chi connectivity index (χ3v) is 3.22. The first-order chi connectivity index (χ1) is 10.6. The Balaban J connectivity index is 1.93. The topological polar surface area (TPSA) is 47.6 Å². The van der Waals surface area contributed by atoms with Crippen molar-refractivity contribution in [2.75, 3.05) is 14.2 Å². The van der Waals surface area contributed by atoms with Crippen molar-refractivity contribution >= 4 is 5.91 Å². The highest BCUT2D eigenvalue weighted by atomic mass is 19.1. The van der Waals surface area contributed by atoms with Gasteiger partial charge in [0, 0.05) is 6.54 Å². The zero-order valence-corrected chi connectivity index (χ0v) is 12.6. The SMILES string of the molecule is COc1ccc(CC(=O)NCc2ccc(F)cc2)cc1OC. The van der Waals surface area contributed by atoms with Crippen LogP contribution in [0.3, 0.4) is 0 Å². The molecule has 5 heteroatoms. The molecule has 0 aliphatic heterocycles. The van der Waals surface area contributed by atoms with E-state index in [1.807, 2.05) is 6.07 Å². The summed E-state index contributed by atoms with van der Waals surface area (Å²) < 4.78 is 23.2. The lowest BCUT2D eigenvalue weighted by Crippen LogP contribution is -2.24. The molecular weight excluding hydrogens is 285 g/mol. The van der Waals surface area contributed by atoms with Crippen LogP contribution in [0.2, 0.25) is 0 Å². The van der Waals surface area contributed by atoms with Crippen LogP contribution in [0.25, 0.3) is 0 Å². The first-order valence-corrected chi connectivity index (χ1v) is 6.84. The van der Waals surface area contributed by atoms with E-state index in [0.29, 0.717) is 18.0 Å². The van der Waals surface area contributed by atoms with E-state index in [1.54, 1.807) is 38.5 Å². The number of rotatable bonds is 6. The molecule has 4 nitrogen and oxygen atoms in total. The number of methoxy groups -OCH3 is 2. The van der Waals surface area contributed by atoms with Gasteiger partial charge in [-0.15, -0.1) is 0 Å². The molecule has 0 heterocycles. The molecule has 1 N–H and O–H groups in total. The first-order valence-electron chi connectivity index (χ1n) is 6.84. The van der Waals surface area contributed by atoms with Gasteiger partial charge in [-0.1, -0.05) is 18.2 Å². The van der Waals surface area contributed by atoms with Gasteiger partial charge in [-0.3, -0.25) is 4.79 Å². The van der Waals surface area contributed by atoms with Crippen LogP contribution >= 0.6 is 0 Å². The second-order valence-corrected chi connectivity index (χ2v) is 4.77. The van der Waals surface area contributed by atoms with Gasteiger partial charge >= 0.3 is 0 Å². The fraction of sp³-hybridized carbons (Fsp3) is 0.235. The lowest BCUT2D eigenvalue weighted by atomic mass is 10.1. The second kappa shape index (κ2) is 7.45. The Hall–Kier alpha value is -2.56. The molecule has 0 saturated heterocycles. The van der Waals surface area contributed by atoms with Gasteiger partial charge < -0.3 is 14.8 Å². The quantitative estimate of drug-likeness (QED) is 0.892. The van der Waals surface area contributed by atoms with Crippen molar-refractivity contribution in [2.24, 2.45) is 0 Å². The number of halogens is 1. The maximum Gasteiger partial charge on any atom is 0.224 e. The highest BCUT2D eigenvalue weighted by Gasteiger charge is 2.08. The predicted molar refractivity (Wildman–Crippen MR) is 81.5 cm³/mol. The van der Waals surface area contributed by atoms with E-state index < -0.39 is 0 Å². The predicted octanol–water partition coefficient (Wildman–Crippen LogP) is 2.70. The highest BCUT2D eigenvalue weighted by molar-refractivity contribution is 5.78. The largest absolute Gasteiger partial charge is 0.493 e. The molecule has 0 bridgehead atoms. The number of nitrogens with one attached hydrogen (secondary N) is 1. The molecule has 0 fully saturated rings. The Morgan fingerprint density at radius 3 is 2.27 bits per heavy atom. The van der Waals surface area contributed by atoms with Crippen LogP contribution in [0.4, 0.5) is 4.39 Å². The molecule has 2 rings (SSSR count). The molecule has 1 amide bonds. The number of hydrogen-bond donors (Lipinski definition) is 1. The Morgan fingerprint density at radius 1 is 1.00 bits per heavy atom. The van der Waals surface area contributed by atoms with Gasteiger partial charge in [-0.05, 0) is 35.4 Å². The average Bonchev–Trinajstić information content (AvgIpc) is 2.54. The van der Waals surface area contributed by atoms with Crippen molar-refractivity contribution < 1.29 is 18.7 Å².